The summed E-state index contributed by atoms with van der Waals surface area (Å²) in [5.41, 5.74) is 0. The van der Waals surface area contributed by atoms with Gasteiger partial charge in [-0.2, -0.15) is 0 Å². The molecule has 0 aliphatic heterocycles. The number of carbonyl (C=O) groups excluding carboxylic acids is 2. The minimum absolute atomic E-state index is 0.505. The second kappa shape index (κ2) is 6.05. The largest absolute Gasteiger partial charge is 0.486 e. The van der Waals surface area contributed by atoms with Gasteiger partial charge in [-0.05, 0) is 6.92 Å². The summed E-state index contributed by atoms with van der Waals surface area (Å²) >= 11 is 0. The fraction of sp³-hybridized carbons (Fsp3) is 0.500. The third-order valence-electron chi connectivity index (χ3n) is 1.22. The van der Waals surface area contributed by atoms with Crippen molar-refractivity contribution in [3.63, 3.8) is 0 Å². The minimum atomic E-state index is -0.731. The molecule has 0 saturated heterocycles. The van der Waals surface area contributed by atoms with Crippen molar-refractivity contribution in [1.82, 2.24) is 0 Å². The average molecular weight is 188 g/mol. The van der Waals surface area contributed by atoms with Gasteiger partial charge in [-0.25, -0.2) is 9.59 Å². The van der Waals surface area contributed by atoms with Gasteiger partial charge in [0.15, 0.2) is 6.10 Å². The summed E-state index contributed by atoms with van der Waals surface area (Å²) in [6.07, 6.45) is 1.43. The summed E-state index contributed by atoms with van der Waals surface area (Å²) < 4.78 is 13.5. The molecule has 0 rings (SSSR count). The molecule has 0 aromatic carbocycles. The molecule has 0 N–H and O–H groups in total. The smallest absolute Gasteiger partial charge is 0.346 e. The highest BCUT2D eigenvalue weighted by Gasteiger charge is 2.11. The van der Waals surface area contributed by atoms with Crippen LogP contribution in [0.1, 0.15) is 6.92 Å². The average Bonchev–Trinajstić information content (AvgIpc) is 2.15. The third-order valence-corrected chi connectivity index (χ3v) is 1.22. The molecule has 0 spiro atoms. The van der Waals surface area contributed by atoms with Crippen molar-refractivity contribution in [3.8, 4) is 0 Å². The summed E-state index contributed by atoms with van der Waals surface area (Å²) in [4.78, 5) is 21.3. The fourth-order valence-corrected chi connectivity index (χ4v) is 0.502. The van der Waals surface area contributed by atoms with Crippen LogP contribution in [0.25, 0.3) is 0 Å². The second-order valence-electron chi connectivity index (χ2n) is 2.13. The van der Waals surface area contributed by atoms with Crippen LogP contribution in [0.4, 0.5) is 0 Å². The number of carbonyl (C=O) groups is 2. The van der Waals surface area contributed by atoms with Crippen molar-refractivity contribution in [2.24, 2.45) is 0 Å². The molecule has 0 aliphatic carbocycles. The first-order chi connectivity index (χ1) is 6.11. The van der Waals surface area contributed by atoms with Crippen LogP contribution in [0, 0.1) is 0 Å². The molecule has 0 amide bonds. The van der Waals surface area contributed by atoms with Crippen LogP contribution in [0.2, 0.25) is 0 Å². The predicted octanol–water partition coefficient (Wildman–Crippen LogP) is 0.251. The highest BCUT2D eigenvalue weighted by Crippen LogP contribution is 1.94. The number of esters is 2. The Hall–Kier alpha value is -1.52. The molecule has 0 radical (unpaired) electrons. The van der Waals surface area contributed by atoms with E-state index in [-0.39, 0.29) is 0 Å². The summed E-state index contributed by atoms with van der Waals surface area (Å²) in [5.74, 6) is -1.05. The SMILES string of the molecule is COC(=O)/C=C/O[C@@H](C)C(=O)OC. The van der Waals surface area contributed by atoms with Gasteiger partial charge in [0.1, 0.15) is 0 Å². The van der Waals surface area contributed by atoms with Crippen LogP contribution in [0.15, 0.2) is 12.3 Å². The third kappa shape index (κ3) is 4.84. The zero-order valence-corrected chi connectivity index (χ0v) is 7.77. The lowest BCUT2D eigenvalue weighted by atomic mass is 10.4. The number of hydrogen-bond donors (Lipinski definition) is 0. The Labute approximate surface area is 76.3 Å². The van der Waals surface area contributed by atoms with E-state index in [1.165, 1.54) is 21.1 Å². The van der Waals surface area contributed by atoms with Crippen LogP contribution >= 0.6 is 0 Å². The lowest BCUT2D eigenvalue weighted by Gasteiger charge is -2.07. The first-order valence-electron chi connectivity index (χ1n) is 3.59. The van der Waals surface area contributed by atoms with E-state index < -0.39 is 18.0 Å². The number of methoxy groups -OCH3 is 2. The first-order valence-corrected chi connectivity index (χ1v) is 3.59. The predicted molar refractivity (Wildman–Crippen MR) is 43.7 cm³/mol. The second-order valence-corrected chi connectivity index (χ2v) is 2.13. The van der Waals surface area contributed by atoms with E-state index in [0.29, 0.717) is 0 Å². The molecule has 1 atom stereocenters. The zero-order chi connectivity index (χ0) is 10.3. The molecule has 13 heavy (non-hydrogen) atoms. The van der Waals surface area contributed by atoms with Crippen molar-refractivity contribution >= 4 is 11.9 Å². The Kier molecular flexibility index (Phi) is 5.34. The van der Waals surface area contributed by atoms with E-state index >= 15 is 0 Å². The normalized spacial score (nSPS) is 12.2. The van der Waals surface area contributed by atoms with Gasteiger partial charge >= 0.3 is 11.9 Å². The maximum Gasteiger partial charge on any atom is 0.346 e. The Morgan fingerprint density at radius 2 is 1.85 bits per heavy atom. The summed E-state index contributed by atoms with van der Waals surface area (Å²) in [6.45, 7) is 1.51. The molecule has 0 aromatic heterocycles. The molecule has 0 fully saturated rings. The van der Waals surface area contributed by atoms with Crippen LogP contribution in [-0.2, 0) is 23.8 Å². The van der Waals surface area contributed by atoms with E-state index in [2.05, 4.69) is 9.47 Å². The van der Waals surface area contributed by atoms with E-state index in [9.17, 15) is 9.59 Å². The molecule has 0 bridgehead atoms. The summed E-state index contributed by atoms with van der Waals surface area (Å²) in [6, 6.07) is 0. The van der Waals surface area contributed by atoms with Crippen molar-refractivity contribution in [3.05, 3.63) is 12.3 Å². The topological polar surface area (TPSA) is 61.8 Å². The van der Waals surface area contributed by atoms with Gasteiger partial charge in [0.25, 0.3) is 0 Å². The highest BCUT2D eigenvalue weighted by molar-refractivity contribution is 5.81. The van der Waals surface area contributed by atoms with Crippen molar-refractivity contribution in [2.45, 2.75) is 13.0 Å². The van der Waals surface area contributed by atoms with Crippen molar-refractivity contribution in [1.29, 1.82) is 0 Å². The van der Waals surface area contributed by atoms with E-state index in [4.69, 9.17) is 4.74 Å². The van der Waals surface area contributed by atoms with E-state index in [1.807, 2.05) is 0 Å². The van der Waals surface area contributed by atoms with Gasteiger partial charge in [0, 0.05) is 0 Å². The van der Waals surface area contributed by atoms with Crippen LogP contribution in [0.5, 0.6) is 0 Å². The van der Waals surface area contributed by atoms with Gasteiger partial charge in [-0.1, -0.05) is 0 Å². The highest BCUT2D eigenvalue weighted by atomic mass is 16.6. The van der Waals surface area contributed by atoms with E-state index in [1.54, 1.807) is 0 Å². The molecule has 5 heteroatoms. The molecular formula is C8H12O5. The van der Waals surface area contributed by atoms with Gasteiger partial charge in [0.05, 0.1) is 26.6 Å². The molecule has 0 saturated carbocycles. The lowest BCUT2D eigenvalue weighted by Crippen LogP contribution is -2.19. The van der Waals surface area contributed by atoms with Crippen molar-refractivity contribution in [2.75, 3.05) is 14.2 Å². The molecular weight excluding hydrogens is 176 g/mol. The monoisotopic (exact) mass is 188 g/mol. The van der Waals surface area contributed by atoms with Crippen molar-refractivity contribution < 1.29 is 23.8 Å². The Bertz CT molecular complexity index is 209. The molecule has 74 valence electrons. The fourth-order valence-electron chi connectivity index (χ4n) is 0.502. The maximum atomic E-state index is 10.8. The number of hydrogen-bond acceptors (Lipinski definition) is 5. The Balaban J connectivity index is 3.81. The quantitative estimate of drug-likeness (QED) is 0.359. The Morgan fingerprint density at radius 3 is 2.31 bits per heavy atom. The molecule has 0 aliphatic rings. The van der Waals surface area contributed by atoms with Gasteiger partial charge in [0.2, 0.25) is 0 Å². The van der Waals surface area contributed by atoms with Crippen LogP contribution < -0.4 is 0 Å². The summed E-state index contributed by atoms with van der Waals surface area (Å²) in [7, 11) is 2.50. The minimum Gasteiger partial charge on any atom is -0.486 e. The Morgan fingerprint density at radius 1 is 1.23 bits per heavy atom. The van der Waals surface area contributed by atoms with Crippen LogP contribution in [0.3, 0.4) is 0 Å². The molecule has 0 unspecified atom stereocenters. The number of ether oxygens (including phenoxy) is 3. The van der Waals surface area contributed by atoms with Gasteiger partial charge in [-0.15, -0.1) is 0 Å². The molecule has 0 aromatic rings. The van der Waals surface area contributed by atoms with Gasteiger partial charge in [-0.3, -0.25) is 0 Å². The molecule has 5 nitrogen and oxygen atoms in total. The lowest BCUT2D eigenvalue weighted by molar-refractivity contribution is -0.150. The number of rotatable bonds is 4. The van der Waals surface area contributed by atoms with Gasteiger partial charge < -0.3 is 14.2 Å². The standard InChI is InChI=1S/C8H12O5/c1-6(8(10)12-3)13-5-4-7(9)11-2/h4-6H,1-3H3/b5-4+/t6-/m0/s1. The maximum absolute atomic E-state index is 10.8. The van der Waals surface area contributed by atoms with E-state index in [0.717, 1.165) is 12.3 Å². The summed E-state index contributed by atoms with van der Waals surface area (Å²) in [5, 5.41) is 0. The molecule has 0 heterocycles. The zero-order valence-electron chi connectivity index (χ0n) is 7.77. The first kappa shape index (κ1) is 11.5. The van der Waals surface area contributed by atoms with Crippen LogP contribution in [-0.4, -0.2) is 32.3 Å².